The van der Waals surface area contributed by atoms with Crippen LogP contribution in [0.5, 0.6) is 11.5 Å². The number of alkyl halides is 6. The summed E-state index contributed by atoms with van der Waals surface area (Å²) < 4.78 is 92.5. The van der Waals surface area contributed by atoms with Gasteiger partial charge in [0, 0.05) is 22.5 Å². The maximum Gasteiger partial charge on any atom is 0.430 e. The van der Waals surface area contributed by atoms with E-state index < -0.39 is 29.1 Å². The average molecular weight is 617 g/mol. The zero-order chi connectivity index (χ0) is 28.8. The Bertz CT molecular complexity index is 1550. The van der Waals surface area contributed by atoms with Crippen molar-refractivity contribution in [2.75, 3.05) is 14.2 Å². The van der Waals surface area contributed by atoms with E-state index in [0.717, 1.165) is 26.7 Å². The first-order valence-electron chi connectivity index (χ1n) is 11.1. The lowest BCUT2D eigenvalue weighted by atomic mass is 9.92. The number of hydrogen-bond acceptors (Lipinski definition) is 5. The molecule has 0 aliphatic heterocycles. The quantitative estimate of drug-likeness (QED) is 0.266. The summed E-state index contributed by atoms with van der Waals surface area (Å²) in [7, 11) is 2.76. The minimum absolute atomic E-state index is 0.0632. The van der Waals surface area contributed by atoms with Crippen LogP contribution < -0.4 is 15.0 Å². The number of halogens is 7. The van der Waals surface area contributed by atoms with E-state index >= 15 is 0 Å². The van der Waals surface area contributed by atoms with Crippen molar-refractivity contribution in [2.24, 2.45) is 0 Å². The lowest BCUT2D eigenvalue weighted by Crippen LogP contribution is -2.53. The molecule has 0 aliphatic rings. The molecule has 0 unspecified atom stereocenters. The summed E-state index contributed by atoms with van der Waals surface area (Å²) >= 11 is 3.33. The first kappa shape index (κ1) is 28.4. The molecule has 1 N–H and O–H groups in total. The Balaban J connectivity index is 1.95. The molecule has 13 heteroatoms. The smallest absolute Gasteiger partial charge is 0.430 e. The second kappa shape index (κ2) is 10.2. The van der Waals surface area contributed by atoms with Gasteiger partial charge in [0.2, 0.25) is 0 Å². The molecule has 0 radical (unpaired) electrons. The summed E-state index contributed by atoms with van der Waals surface area (Å²) in [5.41, 5.74) is -6.31. The third-order valence-corrected chi connectivity index (χ3v) is 6.61. The molecule has 0 aliphatic carbocycles. The molecule has 1 aromatic heterocycles. The van der Waals surface area contributed by atoms with Gasteiger partial charge in [0.15, 0.2) is 11.5 Å². The van der Waals surface area contributed by atoms with Crippen LogP contribution in [-0.4, -0.2) is 41.2 Å². The van der Waals surface area contributed by atoms with Crippen molar-refractivity contribution in [3.8, 4) is 17.2 Å². The SMILES string of the molecule is COc1cc2nc(Cc3ccc(Br)cc3)n(-c3ccc(C(O)(C(F)(F)F)C(F)(F)F)cc3)c(=O)c2cc1OC. The fourth-order valence-electron chi connectivity index (χ4n) is 4.07. The second-order valence-electron chi connectivity index (χ2n) is 8.45. The number of nitrogens with zero attached hydrogens (tertiary/aromatic N) is 2. The molecule has 0 fully saturated rings. The minimum Gasteiger partial charge on any atom is -0.493 e. The Morgan fingerprint density at radius 1 is 0.872 bits per heavy atom. The van der Waals surface area contributed by atoms with Crippen LogP contribution in [0, 0.1) is 0 Å². The van der Waals surface area contributed by atoms with Gasteiger partial charge in [-0.2, -0.15) is 26.3 Å². The Morgan fingerprint density at radius 2 is 1.41 bits per heavy atom. The molecule has 0 saturated heterocycles. The van der Waals surface area contributed by atoms with Gasteiger partial charge in [-0.15, -0.1) is 0 Å². The zero-order valence-corrected chi connectivity index (χ0v) is 21.8. The zero-order valence-electron chi connectivity index (χ0n) is 20.2. The molecule has 206 valence electrons. The van der Waals surface area contributed by atoms with Crippen molar-refractivity contribution in [3.05, 3.63) is 92.4 Å². The van der Waals surface area contributed by atoms with Gasteiger partial charge in [-0.3, -0.25) is 9.36 Å². The van der Waals surface area contributed by atoms with Gasteiger partial charge < -0.3 is 14.6 Å². The highest BCUT2D eigenvalue weighted by atomic mass is 79.9. The van der Waals surface area contributed by atoms with E-state index in [2.05, 4.69) is 20.9 Å². The number of aromatic nitrogens is 2. The Labute approximate surface area is 225 Å². The van der Waals surface area contributed by atoms with E-state index in [0.29, 0.717) is 17.9 Å². The molecule has 4 aromatic rings. The van der Waals surface area contributed by atoms with Crippen LogP contribution >= 0.6 is 15.9 Å². The molecular formula is C26H19BrF6N2O4. The molecule has 39 heavy (non-hydrogen) atoms. The summed E-state index contributed by atoms with van der Waals surface area (Å²) in [6.07, 6.45) is -12.0. The van der Waals surface area contributed by atoms with Crippen molar-refractivity contribution >= 4 is 26.8 Å². The fourth-order valence-corrected chi connectivity index (χ4v) is 4.33. The van der Waals surface area contributed by atoms with Crippen LogP contribution in [0.3, 0.4) is 0 Å². The fraction of sp³-hybridized carbons (Fsp3) is 0.231. The Morgan fingerprint density at radius 3 is 1.92 bits per heavy atom. The highest BCUT2D eigenvalue weighted by Crippen LogP contribution is 2.50. The molecule has 3 aromatic carbocycles. The molecule has 0 atom stereocenters. The van der Waals surface area contributed by atoms with Crippen molar-refractivity contribution < 1.29 is 40.9 Å². The lowest BCUT2D eigenvalue weighted by Gasteiger charge is -2.32. The van der Waals surface area contributed by atoms with Crippen molar-refractivity contribution in [1.82, 2.24) is 9.55 Å². The van der Waals surface area contributed by atoms with Gasteiger partial charge in [-0.05, 0) is 35.9 Å². The molecule has 0 spiro atoms. The van der Waals surface area contributed by atoms with Crippen molar-refractivity contribution in [2.45, 2.75) is 24.4 Å². The lowest BCUT2D eigenvalue weighted by molar-refractivity contribution is -0.376. The van der Waals surface area contributed by atoms with Gasteiger partial charge in [0.1, 0.15) is 5.82 Å². The molecule has 6 nitrogen and oxygen atoms in total. The number of methoxy groups -OCH3 is 2. The molecule has 4 rings (SSSR count). The molecule has 1 heterocycles. The molecule has 0 amide bonds. The van der Waals surface area contributed by atoms with E-state index in [-0.39, 0.29) is 34.6 Å². The van der Waals surface area contributed by atoms with E-state index in [4.69, 9.17) is 9.47 Å². The van der Waals surface area contributed by atoms with Gasteiger partial charge in [0.25, 0.3) is 11.2 Å². The number of aliphatic hydroxyl groups is 1. The predicted molar refractivity (Wildman–Crippen MR) is 133 cm³/mol. The van der Waals surface area contributed by atoms with Crippen molar-refractivity contribution in [1.29, 1.82) is 0 Å². The highest BCUT2D eigenvalue weighted by molar-refractivity contribution is 9.10. The topological polar surface area (TPSA) is 73.6 Å². The van der Waals surface area contributed by atoms with E-state index in [1.165, 1.54) is 26.4 Å². The maximum atomic E-state index is 13.7. The minimum atomic E-state index is -6.05. The predicted octanol–water partition coefficient (Wildman–Crippen LogP) is 6.07. The number of hydrogen-bond donors (Lipinski definition) is 1. The third kappa shape index (κ3) is 5.08. The van der Waals surface area contributed by atoms with Crippen LogP contribution in [0.15, 0.2) is 69.9 Å². The third-order valence-electron chi connectivity index (χ3n) is 6.08. The van der Waals surface area contributed by atoms with Gasteiger partial charge >= 0.3 is 12.4 Å². The van der Waals surface area contributed by atoms with Gasteiger partial charge in [-0.25, -0.2) is 4.98 Å². The molecule has 0 saturated carbocycles. The van der Waals surface area contributed by atoms with Crippen LogP contribution in [0.1, 0.15) is 17.0 Å². The van der Waals surface area contributed by atoms with Crippen molar-refractivity contribution in [3.63, 3.8) is 0 Å². The molecule has 0 bridgehead atoms. The normalized spacial score (nSPS) is 12.6. The highest BCUT2D eigenvalue weighted by Gasteiger charge is 2.71. The van der Waals surface area contributed by atoms with E-state index in [1.54, 1.807) is 24.3 Å². The standard InChI is InChI=1S/C26H19BrF6N2O4/c1-38-20-12-18-19(13-21(20)39-2)34-22(11-14-3-7-16(27)8-4-14)35(23(18)36)17-9-5-15(6-10-17)24(37,25(28,29)30)26(31,32)33/h3-10,12-13,37H,11H2,1-2H3. The first-order chi connectivity index (χ1) is 18.2. The second-order valence-corrected chi connectivity index (χ2v) is 9.36. The Kier molecular flexibility index (Phi) is 7.43. The maximum absolute atomic E-state index is 13.7. The van der Waals surface area contributed by atoms with E-state index in [1.807, 2.05) is 0 Å². The van der Waals surface area contributed by atoms with Gasteiger partial charge in [0.05, 0.1) is 30.8 Å². The summed E-state index contributed by atoms with van der Waals surface area (Å²) in [6.45, 7) is 0. The summed E-state index contributed by atoms with van der Waals surface area (Å²) in [6, 6.07) is 12.6. The molecular weight excluding hydrogens is 598 g/mol. The van der Waals surface area contributed by atoms with Crippen LogP contribution in [0.4, 0.5) is 26.3 Å². The first-order valence-corrected chi connectivity index (χ1v) is 11.9. The Hall–Kier alpha value is -3.58. The summed E-state index contributed by atoms with van der Waals surface area (Å²) in [5.74, 6) is 0.663. The summed E-state index contributed by atoms with van der Waals surface area (Å²) in [5, 5.41) is 9.80. The monoisotopic (exact) mass is 616 g/mol. The number of rotatable bonds is 6. The number of benzene rings is 3. The number of ether oxygens (including phenoxy) is 2. The number of fused-ring (bicyclic) bond motifs is 1. The summed E-state index contributed by atoms with van der Waals surface area (Å²) in [4.78, 5) is 18.2. The van der Waals surface area contributed by atoms with Gasteiger partial charge in [-0.1, -0.05) is 40.2 Å². The van der Waals surface area contributed by atoms with Crippen LogP contribution in [-0.2, 0) is 12.0 Å². The average Bonchev–Trinajstić information content (AvgIpc) is 2.88. The largest absolute Gasteiger partial charge is 0.493 e. The van der Waals surface area contributed by atoms with E-state index in [9.17, 15) is 36.2 Å². The van der Waals surface area contributed by atoms with Crippen LogP contribution in [0.2, 0.25) is 0 Å². The van der Waals surface area contributed by atoms with Crippen LogP contribution in [0.25, 0.3) is 16.6 Å².